The van der Waals surface area contributed by atoms with Gasteiger partial charge in [-0.3, -0.25) is 9.10 Å². The summed E-state index contributed by atoms with van der Waals surface area (Å²) in [5.41, 5.74) is 3.60. The summed E-state index contributed by atoms with van der Waals surface area (Å²) in [6.45, 7) is 3.43. The van der Waals surface area contributed by atoms with Crippen LogP contribution in [0.3, 0.4) is 0 Å². The zero-order valence-corrected chi connectivity index (χ0v) is 20.9. The third-order valence-corrected chi connectivity index (χ3v) is 7.84. The van der Waals surface area contributed by atoms with Gasteiger partial charge in [-0.1, -0.05) is 53.6 Å². The highest BCUT2D eigenvalue weighted by Crippen LogP contribution is 2.31. The van der Waals surface area contributed by atoms with Gasteiger partial charge in [0.1, 0.15) is 6.54 Å². The molecule has 0 aliphatic carbocycles. The minimum atomic E-state index is -4.03. The molecule has 0 saturated heterocycles. The van der Waals surface area contributed by atoms with Crippen LogP contribution in [0.25, 0.3) is 5.69 Å². The van der Waals surface area contributed by atoms with Crippen LogP contribution in [-0.4, -0.2) is 30.4 Å². The fourth-order valence-corrected chi connectivity index (χ4v) is 5.35. The molecule has 0 saturated carbocycles. The van der Waals surface area contributed by atoms with Gasteiger partial charge in [0.2, 0.25) is 5.91 Å². The average Bonchev–Trinajstić information content (AvgIpc) is 3.38. The SMILES string of the molecule is Cc1ccc(S(=O)(=O)N(CC(=O)NCc2ccccc2-n2ccnc2)c2cccc(Cl)c2C)cc1. The summed E-state index contributed by atoms with van der Waals surface area (Å²) >= 11 is 6.29. The van der Waals surface area contributed by atoms with Crippen LogP contribution in [0.5, 0.6) is 0 Å². The van der Waals surface area contributed by atoms with Crippen molar-refractivity contribution in [3.8, 4) is 5.69 Å². The van der Waals surface area contributed by atoms with E-state index in [0.717, 1.165) is 21.1 Å². The quantitative estimate of drug-likeness (QED) is 0.375. The molecule has 3 aromatic carbocycles. The van der Waals surface area contributed by atoms with Gasteiger partial charge < -0.3 is 9.88 Å². The van der Waals surface area contributed by atoms with E-state index in [0.29, 0.717) is 16.3 Å². The number of nitrogens with zero attached hydrogens (tertiary/aromatic N) is 3. The molecule has 1 heterocycles. The fraction of sp³-hybridized carbons (Fsp3) is 0.154. The zero-order chi connectivity index (χ0) is 25.0. The third kappa shape index (κ3) is 5.39. The molecule has 7 nitrogen and oxygen atoms in total. The summed E-state index contributed by atoms with van der Waals surface area (Å²) in [5.74, 6) is -0.444. The number of halogens is 1. The summed E-state index contributed by atoms with van der Waals surface area (Å²) in [6.07, 6.45) is 5.17. The maximum atomic E-state index is 13.6. The largest absolute Gasteiger partial charge is 0.350 e. The molecular formula is C26H25ClN4O3S. The number of nitrogens with one attached hydrogen (secondary N) is 1. The molecular weight excluding hydrogens is 484 g/mol. The second-order valence-electron chi connectivity index (χ2n) is 8.08. The molecule has 0 spiro atoms. The van der Waals surface area contributed by atoms with Crippen LogP contribution in [0.2, 0.25) is 5.02 Å². The van der Waals surface area contributed by atoms with Gasteiger partial charge in [0, 0.05) is 24.0 Å². The maximum absolute atomic E-state index is 13.6. The van der Waals surface area contributed by atoms with Crippen molar-refractivity contribution in [2.24, 2.45) is 0 Å². The molecule has 4 rings (SSSR count). The predicted molar refractivity (Wildman–Crippen MR) is 137 cm³/mol. The lowest BCUT2D eigenvalue weighted by Gasteiger charge is -2.26. The number of anilines is 1. The summed E-state index contributed by atoms with van der Waals surface area (Å²) in [6, 6.07) is 19.1. The summed E-state index contributed by atoms with van der Waals surface area (Å²) < 4.78 is 30.2. The number of aromatic nitrogens is 2. The highest BCUT2D eigenvalue weighted by Gasteiger charge is 2.28. The first-order chi connectivity index (χ1) is 16.8. The first kappa shape index (κ1) is 24.5. The van der Waals surface area contributed by atoms with Crippen molar-refractivity contribution in [2.45, 2.75) is 25.3 Å². The predicted octanol–water partition coefficient (Wildman–Crippen LogP) is 4.65. The Hall–Kier alpha value is -3.62. The minimum absolute atomic E-state index is 0.0979. The van der Waals surface area contributed by atoms with Crippen molar-refractivity contribution in [1.82, 2.24) is 14.9 Å². The van der Waals surface area contributed by atoms with Crippen molar-refractivity contribution in [2.75, 3.05) is 10.8 Å². The number of hydrogen-bond donors (Lipinski definition) is 1. The van der Waals surface area contributed by atoms with E-state index in [2.05, 4.69) is 10.3 Å². The number of benzene rings is 3. The van der Waals surface area contributed by atoms with Crippen molar-refractivity contribution >= 4 is 33.2 Å². The lowest BCUT2D eigenvalue weighted by molar-refractivity contribution is -0.119. The van der Waals surface area contributed by atoms with Crippen molar-refractivity contribution in [3.05, 3.63) is 107 Å². The first-order valence-electron chi connectivity index (χ1n) is 10.9. The van der Waals surface area contributed by atoms with E-state index in [1.54, 1.807) is 49.8 Å². The third-order valence-electron chi connectivity index (χ3n) is 5.65. The molecule has 0 aliphatic rings. The Morgan fingerprint density at radius 2 is 1.77 bits per heavy atom. The van der Waals surface area contributed by atoms with Crippen LogP contribution in [0.15, 0.2) is 90.3 Å². The Bertz CT molecular complexity index is 1440. The number of carbonyl (C=O) groups is 1. The van der Waals surface area contributed by atoms with E-state index >= 15 is 0 Å². The molecule has 35 heavy (non-hydrogen) atoms. The molecule has 9 heteroatoms. The van der Waals surface area contributed by atoms with Gasteiger partial charge >= 0.3 is 0 Å². The second-order valence-corrected chi connectivity index (χ2v) is 10.4. The molecule has 0 bridgehead atoms. The Morgan fingerprint density at radius 3 is 2.49 bits per heavy atom. The topological polar surface area (TPSA) is 84.3 Å². The Balaban J connectivity index is 1.61. The van der Waals surface area contributed by atoms with Crippen molar-refractivity contribution in [1.29, 1.82) is 0 Å². The number of carbonyl (C=O) groups excluding carboxylic acids is 1. The van der Waals surface area contributed by atoms with Gasteiger partial charge in [-0.25, -0.2) is 13.4 Å². The van der Waals surface area contributed by atoms with E-state index in [1.165, 1.54) is 12.1 Å². The fourth-order valence-electron chi connectivity index (χ4n) is 3.70. The molecule has 0 radical (unpaired) electrons. The van der Waals surface area contributed by atoms with Crippen LogP contribution < -0.4 is 9.62 Å². The van der Waals surface area contributed by atoms with Crippen LogP contribution in [0.4, 0.5) is 5.69 Å². The Kier molecular flexibility index (Phi) is 7.23. The van der Waals surface area contributed by atoms with E-state index in [9.17, 15) is 13.2 Å². The Morgan fingerprint density at radius 1 is 1.03 bits per heavy atom. The molecule has 0 atom stereocenters. The van der Waals surface area contributed by atoms with Crippen molar-refractivity contribution in [3.63, 3.8) is 0 Å². The van der Waals surface area contributed by atoms with Gasteiger partial charge in [0.25, 0.3) is 10.0 Å². The number of imidazole rings is 1. The standard InChI is InChI=1S/C26H25ClN4O3S/c1-19-10-12-22(13-11-19)35(33,34)31(24-9-5-7-23(27)20(24)2)17-26(32)29-16-21-6-3-4-8-25(21)30-15-14-28-18-30/h3-15,18H,16-17H2,1-2H3,(H,29,32). The first-order valence-corrected chi connectivity index (χ1v) is 12.8. The van der Waals surface area contributed by atoms with E-state index in [4.69, 9.17) is 11.6 Å². The lowest BCUT2D eigenvalue weighted by atomic mass is 10.1. The molecule has 0 aliphatic heterocycles. The number of para-hydroxylation sites is 1. The summed E-state index contributed by atoms with van der Waals surface area (Å²) in [4.78, 5) is 17.2. The van der Waals surface area contributed by atoms with E-state index in [-0.39, 0.29) is 11.4 Å². The number of sulfonamides is 1. The van der Waals surface area contributed by atoms with Crippen LogP contribution >= 0.6 is 11.6 Å². The van der Waals surface area contributed by atoms with Crippen LogP contribution in [0.1, 0.15) is 16.7 Å². The summed E-state index contributed by atoms with van der Waals surface area (Å²) in [7, 11) is -4.03. The minimum Gasteiger partial charge on any atom is -0.350 e. The highest BCUT2D eigenvalue weighted by molar-refractivity contribution is 7.92. The maximum Gasteiger partial charge on any atom is 0.264 e. The molecule has 180 valence electrons. The van der Waals surface area contributed by atoms with Gasteiger partial charge in [-0.2, -0.15) is 0 Å². The smallest absolute Gasteiger partial charge is 0.264 e. The molecule has 0 fully saturated rings. The average molecular weight is 509 g/mol. The lowest BCUT2D eigenvalue weighted by Crippen LogP contribution is -2.41. The van der Waals surface area contributed by atoms with Gasteiger partial charge in [-0.15, -0.1) is 0 Å². The van der Waals surface area contributed by atoms with Crippen molar-refractivity contribution < 1.29 is 13.2 Å². The Labute approximate surface area is 210 Å². The number of rotatable bonds is 8. The summed E-state index contributed by atoms with van der Waals surface area (Å²) in [5, 5.41) is 3.27. The second kappa shape index (κ2) is 10.3. The van der Waals surface area contributed by atoms with Gasteiger partial charge in [0.05, 0.1) is 22.6 Å². The molecule has 0 unspecified atom stereocenters. The number of aryl methyl sites for hydroxylation is 1. The monoisotopic (exact) mass is 508 g/mol. The molecule has 1 amide bonds. The number of amides is 1. The number of hydrogen-bond acceptors (Lipinski definition) is 4. The van der Waals surface area contributed by atoms with E-state index < -0.39 is 22.5 Å². The zero-order valence-electron chi connectivity index (χ0n) is 19.3. The molecule has 1 aromatic heterocycles. The highest BCUT2D eigenvalue weighted by atomic mass is 35.5. The molecule has 4 aromatic rings. The normalized spacial score (nSPS) is 11.3. The van der Waals surface area contributed by atoms with Gasteiger partial charge in [0.15, 0.2) is 0 Å². The van der Waals surface area contributed by atoms with Crippen LogP contribution in [-0.2, 0) is 21.4 Å². The van der Waals surface area contributed by atoms with Gasteiger partial charge in [-0.05, 0) is 55.3 Å². The molecule has 1 N–H and O–H groups in total. The van der Waals surface area contributed by atoms with Crippen LogP contribution in [0, 0.1) is 13.8 Å². The van der Waals surface area contributed by atoms with E-state index in [1.807, 2.05) is 42.0 Å².